The molecular weight excluding hydrogens is 194 g/mol. The zero-order chi connectivity index (χ0) is 9.14. The third kappa shape index (κ3) is 2.57. The summed E-state index contributed by atoms with van der Waals surface area (Å²) in [6, 6.07) is 0. The molecule has 68 valence electrons. The second-order valence-corrected chi connectivity index (χ2v) is 4.94. The quantitative estimate of drug-likeness (QED) is 0.758. The first-order valence-electron chi connectivity index (χ1n) is 3.66. The standard InChI is InChI=1S/C7H11NO2S2/c1-5(2)7-8-3-6(11-7)4-12(9)10/h3,5,12H,4H2,1-2H3. The molecular formula is C7H11NO2S2. The minimum Gasteiger partial charge on any atom is -0.249 e. The maximum Gasteiger partial charge on any atom is 0.145 e. The van der Waals surface area contributed by atoms with Gasteiger partial charge in [-0.1, -0.05) is 13.8 Å². The first-order chi connectivity index (χ1) is 5.59. The van der Waals surface area contributed by atoms with Gasteiger partial charge in [0.25, 0.3) is 0 Å². The van der Waals surface area contributed by atoms with E-state index in [2.05, 4.69) is 4.98 Å². The van der Waals surface area contributed by atoms with Crippen molar-refractivity contribution in [1.82, 2.24) is 4.98 Å². The predicted octanol–water partition coefficient (Wildman–Crippen LogP) is 1.38. The van der Waals surface area contributed by atoms with Crippen LogP contribution in [-0.2, 0) is 16.5 Å². The Morgan fingerprint density at radius 3 is 2.67 bits per heavy atom. The van der Waals surface area contributed by atoms with Gasteiger partial charge in [-0.2, -0.15) is 0 Å². The Morgan fingerprint density at radius 2 is 2.25 bits per heavy atom. The Labute approximate surface area is 77.4 Å². The highest BCUT2D eigenvalue weighted by molar-refractivity contribution is 7.71. The molecule has 0 amide bonds. The second-order valence-electron chi connectivity index (χ2n) is 2.81. The van der Waals surface area contributed by atoms with Crippen LogP contribution in [0.1, 0.15) is 29.7 Å². The lowest BCUT2D eigenvalue weighted by Crippen LogP contribution is -1.82. The van der Waals surface area contributed by atoms with Crippen LogP contribution in [-0.4, -0.2) is 13.4 Å². The molecule has 1 rings (SSSR count). The van der Waals surface area contributed by atoms with Gasteiger partial charge in [-0.05, 0) is 0 Å². The highest BCUT2D eigenvalue weighted by Crippen LogP contribution is 2.21. The smallest absolute Gasteiger partial charge is 0.145 e. The number of nitrogens with zero attached hydrogens (tertiary/aromatic N) is 1. The fraction of sp³-hybridized carbons (Fsp3) is 0.571. The predicted molar refractivity (Wildman–Crippen MR) is 50.2 cm³/mol. The lowest BCUT2D eigenvalue weighted by molar-refractivity contribution is 0.614. The number of hydrogen-bond acceptors (Lipinski definition) is 4. The molecule has 0 saturated carbocycles. The number of thiazole rings is 1. The van der Waals surface area contributed by atoms with Crippen molar-refractivity contribution >= 4 is 22.0 Å². The molecule has 0 fully saturated rings. The second kappa shape index (κ2) is 4.00. The van der Waals surface area contributed by atoms with Crippen LogP contribution in [0, 0.1) is 0 Å². The molecule has 0 atom stereocenters. The third-order valence-corrected chi connectivity index (χ3v) is 3.46. The Balaban J connectivity index is 2.77. The first kappa shape index (κ1) is 9.67. The summed E-state index contributed by atoms with van der Waals surface area (Å²) in [4.78, 5) is 4.95. The van der Waals surface area contributed by atoms with E-state index >= 15 is 0 Å². The van der Waals surface area contributed by atoms with E-state index in [-0.39, 0.29) is 5.75 Å². The van der Waals surface area contributed by atoms with Gasteiger partial charge in [0.05, 0.1) is 10.8 Å². The molecule has 12 heavy (non-hydrogen) atoms. The van der Waals surface area contributed by atoms with Crippen molar-refractivity contribution in [3.05, 3.63) is 16.1 Å². The van der Waals surface area contributed by atoms with Crippen LogP contribution < -0.4 is 0 Å². The Morgan fingerprint density at radius 1 is 1.58 bits per heavy atom. The van der Waals surface area contributed by atoms with E-state index in [1.54, 1.807) is 6.20 Å². The Kier molecular flexibility index (Phi) is 3.22. The maximum absolute atomic E-state index is 10.4. The van der Waals surface area contributed by atoms with E-state index in [0.29, 0.717) is 5.92 Å². The van der Waals surface area contributed by atoms with Gasteiger partial charge < -0.3 is 0 Å². The molecule has 1 aromatic rings. The largest absolute Gasteiger partial charge is 0.249 e. The topological polar surface area (TPSA) is 47.0 Å². The summed E-state index contributed by atoms with van der Waals surface area (Å²) in [6.45, 7) is 4.08. The van der Waals surface area contributed by atoms with E-state index in [0.717, 1.165) is 9.88 Å². The first-order valence-corrected chi connectivity index (χ1v) is 5.84. The normalized spacial score (nSPS) is 11.3. The zero-order valence-corrected chi connectivity index (χ0v) is 8.69. The Hall–Kier alpha value is -0.420. The van der Waals surface area contributed by atoms with Gasteiger partial charge in [0.2, 0.25) is 0 Å². The van der Waals surface area contributed by atoms with Crippen molar-refractivity contribution in [3.63, 3.8) is 0 Å². The van der Waals surface area contributed by atoms with Crippen molar-refractivity contribution < 1.29 is 8.42 Å². The van der Waals surface area contributed by atoms with Crippen LogP contribution in [0.25, 0.3) is 0 Å². The average molecular weight is 205 g/mol. The molecule has 0 aliphatic rings. The van der Waals surface area contributed by atoms with E-state index in [1.165, 1.54) is 11.3 Å². The lowest BCUT2D eigenvalue weighted by Gasteiger charge is -1.94. The summed E-state index contributed by atoms with van der Waals surface area (Å²) in [5.74, 6) is 0.507. The summed E-state index contributed by atoms with van der Waals surface area (Å²) in [6.07, 6.45) is 1.64. The molecule has 1 aromatic heterocycles. The van der Waals surface area contributed by atoms with E-state index in [4.69, 9.17) is 0 Å². The van der Waals surface area contributed by atoms with Crippen LogP contribution in [0.4, 0.5) is 0 Å². The van der Waals surface area contributed by atoms with Gasteiger partial charge in [0.1, 0.15) is 10.7 Å². The molecule has 0 saturated heterocycles. The molecule has 0 radical (unpaired) electrons. The minimum atomic E-state index is -2.31. The number of hydrogen-bond donors (Lipinski definition) is 1. The summed E-state index contributed by atoms with van der Waals surface area (Å²) < 4.78 is 20.7. The van der Waals surface area contributed by atoms with Gasteiger partial charge >= 0.3 is 0 Å². The molecule has 1 heterocycles. The number of aromatic nitrogens is 1. The summed E-state index contributed by atoms with van der Waals surface area (Å²) in [5, 5.41) is 1.00. The van der Waals surface area contributed by atoms with Gasteiger partial charge in [-0.3, -0.25) is 0 Å². The van der Waals surface area contributed by atoms with Crippen LogP contribution in [0.2, 0.25) is 0 Å². The SMILES string of the molecule is CC(C)c1ncc(C[SH](=O)=O)s1. The third-order valence-electron chi connectivity index (χ3n) is 1.35. The van der Waals surface area contributed by atoms with Crippen molar-refractivity contribution in [2.75, 3.05) is 0 Å². The zero-order valence-electron chi connectivity index (χ0n) is 6.98. The molecule has 0 N–H and O–H groups in total. The van der Waals surface area contributed by atoms with Crippen molar-refractivity contribution in [2.45, 2.75) is 25.5 Å². The molecule has 0 aliphatic carbocycles. The van der Waals surface area contributed by atoms with E-state index in [1.807, 2.05) is 13.8 Å². The van der Waals surface area contributed by atoms with Gasteiger partial charge in [-0.25, -0.2) is 13.4 Å². The highest BCUT2D eigenvalue weighted by Gasteiger charge is 2.05. The van der Waals surface area contributed by atoms with Gasteiger partial charge in [0, 0.05) is 17.0 Å². The van der Waals surface area contributed by atoms with Crippen molar-refractivity contribution in [1.29, 1.82) is 0 Å². The molecule has 5 heteroatoms. The molecule has 0 spiro atoms. The van der Waals surface area contributed by atoms with Crippen LogP contribution in [0.5, 0.6) is 0 Å². The number of rotatable bonds is 3. The van der Waals surface area contributed by atoms with Crippen LogP contribution in [0.15, 0.2) is 6.20 Å². The summed E-state index contributed by atoms with van der Waals surface area (Å²) in [5.41, 5.74) is 0. The molecule has 0 aliphatic heterocycles. The Bertz CT molecular complexity index is 320. The highest BCUT2D eigenvalue weighted by atomic mass is 32.2. The van der Waals surface area contributed by atoms with Crippen LogP contribution >= 0.6 is 11.3 Å². The fourth-order valence-electron chi connectivity index (χ4n) is 0.790. The van der Waals surface area contributed by atoms with Gasteiger partial charge in [-0.15, -0.1) is 11.3 Å². The molecule has 0 aromatic carbocycles. The van der Waals surface area contributed by atoms with E-state index in [9.17, 15) is 8.42 Å². The van der Waals surface area contributed by atoms with E-state index < -0.39 is 10.7 Å². The molecule has 0 unspecified atom stereocenters. The average Bonchev–Trinajstić information content (AvgIpc) is 2.34. The van der Waals surface area contributed by atoms with Crippen molar-refractivity contribution in [2.24, 2.45) is 0 Å². The number of thiol groups is 1. The van der Waals surface area contributed by atoms with Gasteiger partial charge in [0.15, 0.2) is 0 Å². The molecule has 3 nitrogen and oxygen atoms in total. The van der Waals surface area contributed by atoms with Crippen LogP contribution in [0.3, 0.4) is 0 Å². The fourth-order valence-corrected chi connectivity index (χ4v) is 2.42. The summed E-state index contributed by atoms with van der Waals surface area (Å²) in [7, 11) is -2.31. The summed E-state index contributed by atoms with van der Waals surface area (Å²) >= 11 is 1.47. The van der Waals surface area contributed by atoms with Crippen molar-refractivity contribution in [3.8, 4) is 0 Å². The molecule has 0 bridgehead atoms. The lowest BCUT2D eigenvalue weighted by atomic mass is 10.2. The monoisotopic (exact) mass is 205 g/mol. The maximum atomic E-state index is 10.4. The minimum absolute atomic E-state index is 0.125.